The van der Waals surface area contributed by atoms with Gasteiger partial charge >= 0.3 is 99.1 Å². The van der Waals surface area contributed by atoms with Crippen molar-refractivity contribution >= 4 is 32.7 Å². The van der Waals surface area contributed by atoms with Crippen molar-refractivity contribution in [2.45, 2.75) is 94.7 Å². The monoisotopic (exact) mass is 983 g/mol. The molecule has 0 radical (unpaired) electrons. The molecule has 2 saturated heterocycles. The summed E-state index contributed by atoms with van der Waals surface area (Å²) >= 11 is 0. The summed E-state index contributed by atoms with van der Waals surface area (Å²) in [7, 11) is -10.9. The van der Waals surface area contributed by atoms with E-state index in [1.54, 1.807) is 121 Å². The van der Waals surface area contributed by atoms with Crippen LogP contribution in [0.4, 0.5) is 0 Å². The summed E-state index contributed by atoms with van der Waals surface area (Å²) in [6.45, 7) is -0.364. The van der Waals surface area contributed by atoms with Crippen LogP contribution in [0, 0.1) is 0 Å². The van der Waals surface area contributed by atoms with E-state index in [2.05, 4.69) is 4.99 Å². The molecule has 2 aliphatic heterocycles. The second-order valence-electron chi connectivity index (χ2n) is 14.3. The third-order valence-electron chi connectivity index (χ3n) is 9.65. The molecule has 4 aromatic rings. The zero-order valence-electron chi connectivity index (χ0n) is 36.5. The largest absolute Gasteiger partial charge is 1.00 e. The van der Waals surface area contributed by atoms with Crippen LogP contribution in [0.3, 0.4) is 0 Å². The molecule has 0 spiro atoms. The van der Waals surface area contributed by atoms with Crippen LogP contribution < -0.4 is 98.9 Å². The smallest absolute Gasteiger partial charge is 0.862 e. The second kappa shape index (κ2) is 28.2. The van der Waals surface area contributed by atoms with Gasteiger partial charge in [0.05, 0.1) is 39.0 Å². The van der Waals surface area contributed by atoms with E-state index in [0.717, 1.165) is 6.92 Å². The van der Waals surface area contributed by atoms with Crippen molar-refractivity contribution in [1.29, 1.82) is 0 Å². The topological polar surface area (TPSA) is 270 Å². The second-order valence-corrected chi connectivity index (χ2v) is 16.4. The Labute approximate surface area is 449 Å². The number of rotatable bonds is 21. The summed E-state index contributed by atoms with van der Waals surface area (Å²) in [4.78, 5) is 17.1. The van der Waals surface area contributed by atoms with Gasteiger partial charge in [-0.2, -0.15) is 8.42 Å². The van der Waals surface area contributed by atoms with E-state index in [9.17, 15) is 40.9 Å². The van der Waals surface area contributed by atoms with Gasteiger partial charge in [0.1, 0.15) is 42.7 Å². The van der Waals surface area contributed by atoms with Gasteiger partial charge in [-0.05, 0) is 35.1 Å². The van der Waals surface area contributed by atoms with Gasteiger partial charge in [-0.15, -0.1) is 0 Å². The van der Waals surface area contributed by atoms with E-state index in [1.165, 1.54) is 0 Å². The molecule has 0 amide bonds. The van der Waals surface area contributed by atoms with Crippen LogP contribution in [0.2, 0.25) is 0 Å². The van der Waals surface area contributed by atoms with Gasteiger partial charge in [0.25, 0.3) is 0 Å². The summed E-state index contributed by atoms with van der Waals surface area (Å²) < 4.78 is 125. The Morgan fingerprint density at radius 3 is 1.50 bits per heavy atom. The molecule has 0 unspecified atom stereocenters. The first-order chi connectivity index (χ1) is 30.1. The maximum atomic E-state index is 13.0. The minimum atomic E-state index is -5.54. The molecule has 0 aromatic heterocycles. The van der Waals surface area contributed by atoms with Crippen molar-refractivity contribution in [2.24, 2.45) is 4.99 Å². The molecular formula is C42H44NNa3O18S2. The number of aliphatic carboxylic acids is 1. The van der Waals surface area contributed by atoms with E-state index < -0.39 is 101 Å². The molecule has 24 heteroatoms. The van der Waals surface area contributed by atoms with Crippen molar-refractivity contribution in [1.82, 2.24) is 0 Å². The third-order valence-corrected chi connectivity index (χ3v) is 10.6. The molecule has 19 nitrogen and oxygen atoms in total. The molecule has 66 heavy (non-hydrogen) atoms. The van der Waals surface area contributed by atoms with Crippen molar-refractivity contribution < 1.29 is 171 Å². The van der Waals surface area contributed by atoms with Gasteiger partial charge in [-0.1, -0.05) is 121 Å². The standard InChI is InChI=1S/C42H47NO18S2.3Na/c1-27(44)43-33-35(54-23-29-16-8-3-9-17-29)34(60-62(47,48)49)32(26-53-22-28-14-6-2-7-15-28)57-41(33)58-37-36(55-24-30-18-10-4-11-19-30)39(61-63(50,51)52)42(59-38(37)40(45)46)56-25-31-20-12-5-13-21-31;;;/h2-21,32-39,41-42H,22-26H2,1H3,(H,43,44)(H,45,46)(H,47,48,49)(H,50,51,52);;;/q;3*+1/p-3/t32-,33-,34+,35-,36+,37+,38-,39-,41+,42-;;;/m1.../s1. The van der Waals surface area contributed by atoms with E-state index in [0.29, 0.717) is 22.3 Å². The van der Waals surface area contributed by atoms with Crippen molar-refractivity contribution in [2.75, 3.05) is 6.61 Å². The maximum absolute atomic E-state index is 13.0. The number of ether oxygens (including phenoxy) is 7. The molecule has 340 valence electrons. The Kier molecular flexibility index (Phi) is 25.0. The first-order valence-corrected chi connectivity index (χ1v) is 22.1. The molecule has 2 heterocycles. The Morgan fingerprint density at radius 2 is 1.06 bits per heavy atom. The Balaban J connectivity index is 0.00000385. The molecule has 10 atom stereocenters. The van der Waals surface area contributed by atoms with Crippen LogP contribution in [0.25, 0.3) is 0 Å². The Bertz CT molecular complexity index is 2310. The first-order valence-electron chi connectivity index (χ1n) is 19.4. The van der Waals surface area contributed by atoms with Gasteiger partial charge in [0.15, 0.2) is 18.7 Å². The number of hydrogen-bond acceptors (Lipinski definition) is 18. The molecule has 0 bridgehead atoms. The van der Waals surface area contributed by atoms with Crippen molar-refractivity contribution in [3.8, 4) is 0 Å². The van der Waals surface area contributed by atoms with E-state index >= 15 is 0 Å². The van der Waals surface area contributed by atoms with E-state index in [-0.39, 0.29) is 115 Å². The van der Waals surface area contributed by atoms with Gasteiger partial charge in [0, 0.05) is 0 Å². The number of carbonyl (C=O) groups is 1. The Morgan fingerprint density at radius 1 is 0.606 bits per heavy atom. The molecule has 2 aliphatic rings. The molecule has 1 N–H and O–H groups in total. The molecular weight excluding hydrogens is 940 g/mol. The number of carboxylic acid groups (broad SMARTS) is 1. The first kappa shape index (κ1) is 58.6. The van der Waals surface area contributed by atoms with Crippen LogP contribution >= 0.6 is 0 Å². The number of hydrogen-bond donors (Lipinski definition) is 1. The minimum absolute atomic E-state index is 0. The van der Waals surface area contributed by atoms with Crippen LogP contribution in [-0.2, 0) is 93.5 Å². The average molecular weight is 984 g/mol. The summed E-state index contributed by atoms with van der Waals surface area (Å²) in [5, 5.41) is 25.9. The fraction of sp³-hybridized carbons (Fsp3) is 0.381. The van der Waals surface area contributed by atoms with Crippen LogP contribution in [0.5, 0.6) is 0 Å². The fourth-order valence-electron chi connectivity index (χ4n) is 6.95. The van der Waals surface area contributed by atoms with Gasteiger partial charge in [0.2, 0.25) is 10.4 Å². The number of aliphatic imine (C=N–C) groups is 1. The van der Waals surface area contributed by atoms with E-state index in [4.69, 9.17) is 41.5 Å². The molecule has 4 aromatic carbocycles. The average Bonchev–Trinajstić information content (AvgIpc) is 3.24. The molecule has 6 rings (SSSR count). The van der Waals surface area contributed by atoms with Crippen molar-refractivity contribution in [3.05, 3.63) is 144 Å². The zero-order valence-corrected chi connectivity index (χ0v) is 44.1. The predicted molar refractivity (Wildman–Crippen MR) is 212 cm³/mol. The molecule has 0 aliphatic carbocycles. The summed E-state index contributed by atoms with van der Waals surface area (Å²) in [6.07, 6.45) is -17.0. The number of benzene rings is 4. The SMILES string of the molecule is CC([O-])=N[C@H]1[C@H](O[C@H]2[C@H](OCc3ccccc3)[C@@H](OS(=O)(=O)O)[C@H](OCc3ccccc3)O[C@H]2C(=O)[O-])O[C@H](COCc2ccccc2)[C@H](OS(=O)(=O)[O-])[C@@H]1OCc1ccccc1.[Na+].[Na+].[Na+]. The normalized spacial score (nSPS) is 25.7. The number of carbonyl (C=O) groups excluding carboxylic acids is 1. The maximum Gasteiger partial charge on any atom is 1.00 e. The third kappa shape index (κ3) is 18.2. The van der Waals surface area contributed by atoms with Gasteiger partial charge in [-0.25, -0.2) is 12.6 Å². The van der Waals surface area contributed by atoms with Gasteiger partial charge in [-0.3, -0.25) is 13.7 Å². The summed E-state index contributed by atoms with van der Waals surface area (Å²) in [5.74, 6) is -2.79. The Hall–Kier alpha value is -1.72. The minimum Gasteiger partial charge on any atom is -0.862 e. The summed E-state index contributed by atoms with van der Waals surface area (Å²) in [6, 6.07) is 32.3. The summed E-state index contributed by atoms with van der Waals surface area (Å²) in [5.41, 5.74) is 2.32. The van der Waals surface area contributed by atoms with E-state index in [1.807, 2.05) is 0 Å². The predicted octanol–water partition coefficient (Wildman–Crippen LogP) is -7.63. The molecule has 0 saturated carbocycles. The fourth-order valence-corrected chi connectivity index (χ4v) is 7.94. The van der Waals surface area contributed by atoms with Crippen LogP contribution in [0.1, 0.15) is 29.2 Å². The number of carboxylic acids is 1. The quantitative estimate of drug-likeness (QED) is 0.0267. The van der Waals surface area contributed by atoms with Crippen LogP contribution in [0.15, 0.2) is 126 Å². The van der Waals surface area contributed by atoms with Crippen molar-refractivity contribution in [3.63, 3.8) is 0 Å². The molecule has 2 fully saturated rings. The zero-order chi connectivity index (χ0) is 45.0. The van der Waals surface area contributed by atoms with Crippen LogP contribution in [-0.4, -0.2) is 106 Å². The van der Waals surface area contributed by atoms with Gasteiger partial charge < -0.3 is 52.7 Å². The number of nitrogens with zero attached hydrogens (tertiary/aromatic N) is 1.